The third-order valence-electron chi connectivity index (χ3n) is 3.85. The van der Waals surface area contributed by atoms with Gasteiger partial charge in [-0.15, -0.1) is 0 Å². The van der Waals surface area contributed by atoms with Crippen LogP contribution in [-0.2, 0) is 4.79 Å². The van der Waals surface area contributed by atoms with Gasteiger partial charge in [-0.05, 0) is 24.6 Å². The van der Waals surface area contributed by atoms with Gasteiger partial charge in [0.05, 0.1) is 19.7 Å². The number of fused-ring (bicyclic) bond motifs is 1. The van der Waals surface area contributed by atoms with E-state index in [1.165, 1.54) is 7.11 Å². The van der Waals surface area contributed by atoms with Gasteiger partial charge in [0.15, 0.2) is 0 Å². The van der Waals surface area contributed by atoms with Crippen molar-refractivity contribution in [2.24, 2.45) is 0 Å². The van der Waals surface area contributed by atoms with Crippen LogP contribution in [0, 0.1) is 0 Å². The van der Waals surface area contributed by atoms with Gasteiger partial charge in [0.25, 0.3) is 5.91 Å². The highest BCUT2D eigenvalue weighted by Crippen LogP contribution is 2.33. The first-order chi connectivity index (χ1) is 11.5. The maximum absolute atomic E-state index is 12.4. The van der Waals surface area contributed by atoms with Crippen LogP contribution in [0.15, 0.2) is 18.2 Å². The minimum Gasteiger partial charge on any atom is -0.496 e. The smallest absolute Gasteiger partial charge is 0.326 e. The summed E-state index contributed by atoms with van der Waals surface area (Å²) >= 11 is 0. The van der Waals surface area contributed by atoms with Crippen LogP contribution in [0.4, 0.5) is 0 Å². The Morgan fingerprint density at radius 1 is 1.25 bits per heavy atom. The lowest BCUT2D eigenvalue weighted by molar-refractivity contribution is -0.139. The minimum absolute atomic E-state index is 0.260. The van der Waals surface area contributed by atoms with Gasteiger partial charge in [0.1, 0.15) is 23.2 Å². The van der Waals surface area contributed by atoms with Crippen molar-refractivity contribution >= 4 is 22.8 Å². The van der Waals surface area contributed by atoms with Gasteiger partial charge >= 0.3 is 5.97 Å². The number of benzene rings is 1. The van der Waals surface area contributed by atoms with Crippen molar-refractivity contribution in [2.75, 3.05) is 14.2 Å². The molecular formula is C17H22N2O5. The maximum Gasteiger partial charge on any atom is 0.326 e. The Kier molecular flexibility index (Phi) is 5.68. The zero-order valence-electron chi connectivity index (χ0n) is 14.0. The molecule has 24 heavy (non-hydrogen) atoms. The molecule has 1 amide bonds. The summed E-state index contributed by atoms with van der Waals surface area (Å²) in [5, 5.41) is 12.5. The fourth-order valence-electron chi connectivity index (χ4n) is 2.54. The summed E-state index contributed by atoms with van der Waals surface area (Å²) in [6.45, 7) is 1.97. The van der Waals surface area contributed by atoms with Gasteiger partial charge in [-0.25, -0.2) is 4.79 Å². The van der Waals surface area contributed by atoms with E-state index in [-0.39, 0.29) is 5.69 Å². The number of aromatic nitrogens is 1. The third kappa shape index (κ3) is 3.61. The first kappa shape index (κ1) is 17.7. The van der Waals surface area contributed by atoms with E-state index in [1.807, 2.05) is 6.92 Å². The molecule has 2 aromatic rings. The van der Waals surface area contributed by atoms with E-state index in [0.717, 1.165) is 12.8 Å². The first-order valence-electron chi connectivity index (χ1n) is 7.79. The number of carboxylic acids is 1. The number of hydrogen-bond acceptors (Lipinski definition) is 4. The molecule has 0 aliphatic rings. The van der Waals surface area contributed by atoms with E-state index < -0.39 is 17.9 Å². The third-order valence-corrected chi connectivity index (χ3v) is 3.85. The van der Waals surface area contributed by atoms with Crippen molar-refractivity contribution in [1.29, 1.82) is 0 Å². The lowest BCUT2D eigenvalue weighted by atomic mass is 10.1. The van der Waals surface area contributed by atoms with Crippen LogP contribution in [-0.4, -0.2) is 42.2 Å². The molecule has 1 heterocycles. The Morgan fingerprint density at radius 2 is 1.92 bits per heavy atom. The monoisotopic (exact) mass is 334 g/mol. The molecule has 130 valence electrons. The summed E-state index contributed by atoms with van der Waals surface area (Å²) in [6.07, 6.45) is 1.98. The molecule has 1 atom stereocenters. The number of unbranched alkanes of at least 4 members (excludes halogenated alkanes) is 1. The number of aromatic amines is 1. The van der Waals surface area contributed by atoms with Crippen LogP contribution < -0.4 is 14.8 Å². The van der Waals surface area contributed by atoms with Crippen LogP contribution in [0.3, 0.4) is 0 Å². The van der Waals surface area contributed by atoms with E-state index in [2.05, 4.69) is 10.3 Å². The molecule has 3 N–H and O–H groups in total. The molecule has 0 saturated heterocycles. The zero-order valence-corrected chi connectivity index (χ0v) is 14.0. The summed E-state index contributed by atoms with van der Waals surface area (Å²) < 4.78 is 10.6. The topological polar surface area (TPSA) is 101 Å². The molecule has 0 bridgehead atoms. The number of nitrogens with one attached hydrogen (secondary N) is 2. The molecule has 0 saturated carbocycles. The number of hydrogen-bond donors (Lipinski definition) is 3. The zero-order chi connectivity index (χ0) is 17.7. The number of rotatable bonds is 8. The molecule has 0 radical (unpaired) electrons. The van der Waals surface area contributed by atoms with Gasteiger partial charge in [0.2, 0.25) is 0 Å². The van der Waals surface area contributed by atoms with E-state index in [4.69, 9.17) is 9.47 Å². The van der Waals surface area contributed by atoms with Gasteiger partial charge in [-0.1, -0.05) is 19.8 Å². The molecule has 0 aliphatic carbocycles. The van der Waals surface area contributed by atoms with Crippen molar-refractivity contribution in [3.8, 4) is 11.5 Å². The van der Waals surface area contributed by atoms with Crippen LogP contribution in [0.1, 0.15) is 36.7 Å². The summed E-state index contributed by atoms with van der Waals surface area (Å²) in [7, 11) is 3.08. The second kappa shape index (κ2) is 7.72. The molecule has 0 spiro atoms. The van der Waals surface area contributed by atoms with Crippen LogP contribution in [0.25, 0.3) is 10.9 Å². The highest BCUT2D eigenvalue weighted by molar-refractivity contribution is 6.02. The summed E-state index contributed by atoms with van der Waals surface area (Å²) in [5.74, 6) is -0.339. The largest absolute Gasteiger partial charge is 0.496 e. The molecule has 2 rings (SSSR count). The number of ether oxygens (including phenoxy) is 2. The number of H-pyrrole nitrogens is 1. The first-order valence-corrected chi connectivity index (χ1v) is 7.79. The number of aliphatic carboxylic acids is 1. The van der Waals surface area contributed by atoms with Crippen molar-refractivity contribution in [1.82, 2.24) is 10.3 Å². The molecule has 1 aromatic carbocycles. The van der Waals surface area contributed by atoms with Crippen LogP contribution in [0.2, 0.25) is 0 Å². The number of methoxy groups -OCH3 is 2. The predicted molar refractivity (Wildman–Crippen MR) is 89.8 cm³/mol. The van der Waals surface area contributed by atoms with Crippen LogP contribution in [0.5, 0.6) is 11.5 Å². The van der Waals surface area contributed by atoms with E-state index in [1.54, 1.807) is 25.3 Å². The van der Waals surface area contributed by atoms with Gasteiger partial charge in [-0.3, -0.25) is 4.79 Å². The standard InChI is InChI=1S/C17H22N2O5/c1-4-5-6-11(17(21)22)19-16(20)12-9-10-13(23-2)7-8-14(24-3)15(10)18-12/h7-9,11,18H,4-6H2,1-3H3,(H,19,20)(H,21,22). The van der Waals surface area contributed by atoms with Crippen molar-refractivity contribution < 1.29 is 24.2 Å². The summed E-state index contributed by atoms with van der Waals surface area (Å²) in [4.78, 5) is 26.7. The molecule has 1 unspecified atom stereocenters. The molecule has 7 heteroatoms. The number of carboxylic acid groups (broad SMARTS) is 1. The molecule has 7 nitrogen and oxygen atoms in total. The van der Waals surface area contributed by atoms with Gasteiger partial charge < -0.3 is 24.9 Å². The average molecular weight is 334 g/mol. The van der Waals surface area contributed by atoms with E-state index in [0.29, 0.717) is 28.8 Å². The second-order valence-corrected chi connectivity index (χ2v) is 5.45. The minimum atomic E-state index is -1.04. The molecule has 0 fully saturated rings. The number of amides is 1. The lowest BCUT2D eigenvalue weighted by Crippen LogP contribution is -2.40. The highest BCUT2D eigenvalue weighted by Gasteiger charge is 2.22. The van der Waals surface area contributed by atoms with Crippen molar-refractivity contribution in [2.45, 2.75) is 32.2 Å². The van der Waals surface area contributed by atoms with Crippen molar-refractivity contribution in [3.63, 3.8) is 0 Å². The fourth-order valence-corrected chi connectivity index (χ4v) is 2.54. The summed E-state index contributed by atoms with van der Waals surface area (Å²) in [5.41, 5.74) is 0.887. The lowest BCUT2D eigenvalue weighted by Gasteiger charge is -2.13. The quantitative estimate of drug-likeness (QED) is 0.689. The number of carbonyl (C=O) groups is 2. The molecular weight excluding hydrogens is 312 g/mol. The molecule has 1 aromatic heterocycles. The van der Waals surface area contributed by atoms with E-state index >= 15 is 0 Å². The van der Waals surface area contributed by atoms with E-state index in [9.17, 15) is 14.7 Å². The normalized spacial score (nSPS) is 12.0. The fraction of sp³-hybridized carbons (Fsp3) is 0.412. The molecule has 0 aliphatic heterocycles. The Hall–Kier alpha value is -2.70. The Labute approximate surface area is 140 Å². The maximum atomic E-state index is 12.4. The highest BCUT2D eigenvalue weighted by atomic mass is 16.5. The second-order valence-electron chi connectivity index (χ2n) is 5.45. The van der Waals surface area contributed by atoms with Gasteiger partial charge in [-0.2, -0.15) is 0 Å². The van der Waals surface area contributed by atoms with Gasteiger partial charge in [0, 0.05) is 5.39 Å². The Morgan fingerprint density at radius 3 is 2.50 bits per heavy atom. The Bertz CT molecular complexity index is 697. The predicted octanol–water partition coefficient (Wildman–Crippen LogP) is 2.56. The SMILES string of the molecule is CCCCC(NC(=O)c1cc2c(OC)ccc(OC)c2[nH]1)C(=O)O. The summed E-state index contributed by atoms with van der Waals surface area (Å²) in [6, 6.07) is 4.20. The van der Waals surface area contributed by atoms with Crippen molar-refractivity contribution in [3.05, 3.63) is 23.9 Å². The van der Waals surface area contributed by atoms with Crippen LogP contribution >= 0.6 is 0 Å². The Balaban J connectivity index is 2.30. The average Bonchev–Trinajstić information content (AvgIpc) is 3.02. The number of carbonyl (C=O) groups excluding carboxylic acids is 1.